The largest absolute Gasteiger partial charge is 0.465 e. The molecule has 0 unspecified atom stereocenters. The van der Waals surface area contributed by atoms with E-state index in [1.807, 2.05) is 35.9 Å². The third-order valence-corrected chi connectivity index (χ3v) is 3.73. The van der Waals surface area contributed by atoms with Gasteiger partial charge in [0.15, 0.2) is 0 Å². The van der Waals surface area contributed by atoms with Gasteiger partial charge in [-0.05, 0) is 12.1 Å². The zero-order valence-corrected chi connectivity index (χ0v) is 11.3. The quantitative estimate of drug-likeness (QED) is 0.911. The SMILES string of the molecule is Cn1c(OC2CCN(C(=O)O)CC2)nc2ccccc21. The molecule has 1 saturated heterocycles. The Morgan fingerprint density at radius 1 is 1.35 bits per heavy atom. The van der Waals surface area contributed by atoms with Crippen molar-refractivity contribution >= 4 is 17.1 Å². The number of carbonyl (C=O) groups is 1. The van der Waals surface area contributed by atoms with Crippen molar-refractivity contribution in [3.63, 3.8) is 0 Å². The molecule has 3 rings (SSSR count). The number of aryl methyl sites for hydroxylation is 1. The number of rotatable bonds is 2. The average Bonchev–Trinajstić information content (AvgIpc) is 2.77. The maximum Gasteiger partial charge on any atom is 0.407 e. The fraction of sp³-hybridized carbons (Fsp3) is 0.429. The number of aromatic nitrogens is 2. The van der Waals surface area contributed by atoms with Crippen molar-refractivity contribution in [3.8, 4) is 6.01 Å². The Bertz CT molecular complexity index is 630. The number of fused-ring (bicyclic) bond motifs is 1. The second-order valence-corrected chi connectivity index (χ2v) is 5.03. The predicted molar refractivity (Wildman–Crippen MR) is 74.0 cm³/mol. The molecule has 2 aromatic rings. The number of piperidine rings is 1. The van der Waals surface area contributed by atoms with Crippen LogP contribution in [0.4, 0.5) is 4.79 Å². The van der Waals surface area contributed by atoms with Gasteiger partial charge in [0.25, 0.3) is 6.01 Å². The summed E-state index contributed by atoms with van der Waals surface area (Å²) in [6.45, 7) is 1.04. The van der Waals surface area contributed by atoms with Crippen LogP contribution in [0.5, 0.6) is 6.01 Å². The molecular weight excluding hydrogens is 258 g/mol. The van der Waals surface area contributed by atoms with Gasteiger partial charge in [0.2, 0.25) is 0 Å². The third-order valence-electron chi connectivity index (χ3n) is 3.73. The van der Waals surface area contributed by atoms with Crippen molar-refractivity contribution in [2.45, 2.75) is 18.9 Å². The lowest BCUT2D eigenvalue weighted by Crippen LogP contribution is -2.41. The standard InChI is InChI=1S/C14H17N3O3/c1-16-12-5-3-2-4-11(12)15-13(16)20-10-6-8-17(9-7-10)14(18)19/h2-5,10H,6-9H2,1H3,(H,18,19). The minimum atomic E-state index is -0.855. The Hall–Kier alpha value is -2.24. The van der Waals surface area contributed by atoms with E-state index in [0.29, 0.717) is 31.9 Å². The molecule has 0 saturated carbocycles. The van der Waals surface area contributed by atoms with E-state index in [4.69, 9.17) is 9.84 Å². The van der Waals surface area contributed by atoms with Crippen molar-refractivity contribution in [2.75, 3.05) is 13.1 Å². The van der Waals surface area contributed by atoms with Gasteiger partial charge in [0.05, 0.1) is 11.0 Å². The highest BCUT2D eigenvalue weighted by atomic mass is 16.5. The molecule has 1 fully saturated rings. The van der Waals surface area contributed by atoms with Crippen LogP contribution >= 0.6 is 0 Å². The van der Waals surface area contributed by atoms with E-state index >= 15 is 0 Å². The van der Waals surface area contributed by atoms with Crippen LogP contribution in [0.15, 0.2) is 24.3 Å². The Labute approximate surface area is 116 Å². The van der Waals surface area contributed by atoms with Gasteiger partial charge in [-0.2, -0.15) is 4.98 Å². The van der Waals surface area contributed by atoms with Crippen LogP contribution in [0.2, 0.25) is 0 Å². The number of imidazole rings is 1. The first-order valence-electron chi connectivity index (χ1n) is 6.71. The smallest absolute Gasteiger partial charge is 0.407 e. The molecule has 2 heterocycles. The Morgan fingerprint density at radius 3 is 2.70 bits per heavy atom. The Balaban J connectivity index is 1.71. The highest BCUT2D eigenvalue weighted by Crippen LogP contribution is 2.22. The summed E-state index contributed by atoms with van der Waals surface area (Å²) in [6, 6.07) is 8.47. The van der Waals surface area contributed by atoms with Gasteiger partial charge in [-0.25, -0.2) is 4.79 Å². The minimum absolute atomic E-state index is 0.0288. The molecular formula is C14H17N3O3. The van der Waals surface area contributed by atoms with Gasteiger partial charge in [-0.15, -0.1) is 0 Å². The molecule has 1 aromatic carbocycles. The molecule has 0 aliphatic carbocycles. The number of amides is 1. The molecule has 6 heteroatoms. The molecule has 1 aliphatic heterocycles. The van der Waals surface area contributed by atoms with Crippen LogP contribution in [-0.2, 0) is 7.05 Å². The number of nitrogens with zero attached hydrogens (tertiary/aromatic N) is 3. The van der Waals surface area contributed by atoms with E-state index in [9.17, 15) is 4.79 Å². The number of benzene rings is 1. The average molecular weight is 275 g/mol. The van der Waals surface area contributed by atoms with Crippen LogP contribution in [0.25, 0.3) is 11.0 Å². The molecule has 6 nitrogen and oxygen atoms in total. The molecule has 1 aromatic heterocycles. The molecule has 20 heavy (non-hydrogen) atoms. The monoisotopic (exact) mass is 275 g/mol. The predicted octanol–water partition coefficient (Wildman–Crippen LogP) is 2.09. The Kier molecular flexibility index (Phi) is 3.22. The number of likely N-dealkylation sites (tertiary alicyclic amines) is 1. The fourth-order valence-electron chi connectivity index (χ4n) is 2.54. The van der Waals surface area contributed by atoms with Crippen LogP contribution in [0.1, 0.15) is 12.8 Å². The number of hydrogen-bond acceptors (Lipinski definition) is 3. The van der Waals surface area contributed by atoms with Crippen LogP contribution in [0, 0.1) is 0 Å². The zero-order chi connectivity index (χ0) is 14.1. The van der Waals surface area contributed by atoms with Crippen molar-refractivity contribution in [1.29, 1.82) is 0 Å². The summed E-state index contributed by atoms with van der Waals surface area (Å²) >= 11 is 0. The van der Waals surface area contributed by atoms with E-state index in [2.05, 4.69) is 4.98 Å². The molecule has 0 radical (unpaired) electrons. The zero-order valence-electron chi connectivity index (χ0n) is 11.3. The Morgan fingerprint density at radius 2 is 2.05 bits per heavy atom. The van der Waals surface area contributed by atoms with Gasteiger partial charge in [0, 0.05) is 33.0 Å². The van der Waals surface area contributed by atoms with Gasteiger partial charge in [-0.3, -0.25) is 4.57 Å². The second kappa shape index (κ2) is 5.03. The molecule has 1 aliphatic rings. The van der Waals surface area contributed by atoms with Gasteiger partial charge in [0.1, 0.15) is 6.10 Å². The summed E-state index contributed by atoms with van der Waals surface area (Å²) in [5, 5.41) is 8.92. The summed E-state index contributed by atoms with van der Waals surface area (Å²) in [5.41, 5.74) is 1.94. The van der Waals surface area contributed by atoms with Gasteiger partial charge in [-0.1, -0.05) is 12.1 Å². The molecule has 106 valence electrons. The first-order chi connectivity index (χ1) is 9.65. The summed E-state index contributed by atoms with van der Waals surface area (Å²) in [7, 11) is 1.93. The van der Waals surface area contributed by atoms with Crippen molar-refractivity contribution in [2.24, 2.45) is 7.05 Å². The van der Waals surface area contributed by atoms with Crippen LogP contribution in [0.3, 0.4) is 0 Å². The van der Waals surface area contributed by atoms with Crippen LogP contribution in [-0.4, -0.2) is 44.8 Å². The minimum Gasteiger partial charge on any atom is -0.465 e. The van der Waals surface area contributed by atoms with Crippen molar-refractivity contribution in [3.05, 3.63) is 24.3 Å². The van der Waals surface area contributed by atoms with Crippen molar-refractivity contribution in [1.82, 2.24) is 14.5 Å². The molecule has 0 spiro atoms. The van der Waals surface area contributed by atoms with Gasteiger partial charge >= 0.3 is 6.09 Å². The maximum absolute atomic E-state index is 10.9. The number of para-hydroxylation sites is 2. The summed E-state index contributed by atoms with van der Waals surface area (Å²) in [6.07, 6.45) is 0.581. The fourth-order valence-corrected chi connectivity index (χ4v) is 2.54. The molecule has 0 bridgehead atoms. The van der Waals surface area contributed by atoms with Gasteiger partial charge < -0.3 is 14.7 Å². The van der Waals surface area contributed by atoms with Crippen LogP contribution < -0.4 is 4.74 Å². The highest BCUT2D eigenvalue weighted by Gasteiger charge is 2.24. The lowest BCUT2D eigenvalue weighted by atomic mass is 10.1. The third kappa shape index (κ3) is 2.29. The molecule has 1 amide bonds. The molecule has 1 N–H and O–H groups in total. The number of hydrogen-bond donors (Lipinski definition) is 1. The first kappa shape index (κ1) is 12.8. The number of ether oxygens (including phenoxy) is 1. The van der Waals surface area contributed by atoms with E-state index in [1.54, 1.807) is 0 Å². The number of carboxylic acid groups (broad SMARTS) is 1. The van der Waals surface area contributed by atoms with E-state index in [0.717, 1.165) is 11.0 Å². The van der Waals surface area contributed by atoms with E-state index < -0.39 is 6.09 Å². The summed E-state index contributed by atoms with van der Waals surface area (Å²) in [5.74, 6) is 0. The maximum atomic E-state index is 10.9. The topological polar surface area (TPSA) is 67.6 Å². The first-order valence-corrected chi connectivity index (χ1v) is 6.71. The van der Waals surface area contributed by atoms with Crippen molar-refractivity contribution < 1.29 is 14.6 Å². The molecule has 0 atom stereocenters. The lowest BCUT2D eigenvalue weighted by molar-refractivity contribution is 0.0829. The summed E-state index contributed by atoms with van der Waals surface area (Å²) < 4.78 is 7.86. The second-order valence-electron chi connectivity index (χ2n) is 5.03. The lowest BCUT2D eigenvalue weighted by Gasteiger charge is -2.29. The highest BCUT2D eigenvalue weighted by molar-refractivity contribution is 5.76. The van der Waals surface area contributed by atoms with E-state index in [1.165, 1.54) is 4.90 Å². The summed E-state index contributed by atoms with van der Waals surface area (Å²) in [4.78, 5) is 16.8. The normalized spacial score (nSPS) is 16.6. The van der Waals surface area contributed by atoms with E-state index in [-0.39, 0.29) is 6.10 Å².